The van der Waals surface area contributed by atoms with Gasteiger partial charge in [-0.2, -0.15) is 0 Å². The topological polar surface area (TPSA) is 58.8 Å². The van der Waals surface area contributed by atoms with Gasteiger partial charge in [0.05, 0.1) is 25.3 Å². The second-order valence-corrected chi connectivity index (χ2v) is 5.67. The maximum atomic E-state index is 12.5. The molecule has 5 heteroatoms. The Hall–Kier alpha value is -0.810. The van der Waals surface area contributed by atoms with Crippen LogP contribution in [0.3, 0.4) is 0 Å². The number of morpholine rings is 1. The molecule has 0 aliphatic carbocycles. The number of nitrogens with two attached hydrogens (primary N) is 1. The smallest absolute Gasteiger partial charge is 0.320 e. The highest BCUT2D eigenvalue weighted by atomic mass is 16.5. The molecule has 2 rings (SSSR count). The van der Waals surface area contributed by atoms with E-state index in [4.69, 9.17) is 10.5 Å². The van der Waals surface area contributed by atoms with Gasteiger partial charge in [-0.3, -0.25) is 0 Å². The van der Waals surface area contributed by atoms with Crippen LogP contribution in [-0.2, 0) is 4.74 Å². The lowest BCUT2D eigenvalue weighted by atomic mass is 10.0. The largest absolute Gasteiger partial charge is 0.373 e. The van der Waals surface area contributed by atoms with Crippen LogP contribution in [0.2, 0.25) is 0 Å². The Morgan fingerprint density at radius 2 is 2.17 bits per heavy atom. The van der Waals surface area contributed by atoms with Crippen molar-refractivity contribution < 1.29 is 9.53 Å². The number of urea groups is 1. The molecule has 2 N–H and O–H groups in total. The number of nitrogens with zero attached hydrogens (tertiary/aromatic N) is 2. The zero-order chi connectivity index (χ0) is 13.1. The van der Waals surface area contributed by atoms with Crippen molar-refractivity contribution in [3.8, 4) is 0 Å². The van der Waals surface area contributed by atoms with Gasteiger partial charge >= 0.3 is 6.03 Å². The summed E-state index contributed by atoms with van der Waals surface area (Å²) in [6.45, 7) is 7.73. The highest BCUT2D eigenvalue weighted by Crippen LogP contribution is 2.19. The number of rotatable bonds is 1. The molecular weight excluding hydrogens is 230 g/mol. The molecule has 0 aromatic heterocycles. The molecule has 2 aliphatic rings. The summed E-state index contributed by atoms with van der Waals surface area (Å²) in [6, 6.07) is 0.313. The third-order valence-electron chi connectivity index (χ3n) is 3.94. The molecule has 2 amide bonds. The van der Waals surface area contributed by atoms with Crippen LogP contribution in [0.15, 0.2) is 0 Å². The van der Waals surface area contributed by atoms with Crippen LogP contribution in [-0.4, -0.2) is 60.8 Å². The highest BCUT2D eigenvalue weighted by molar-refractivity contribution is 5.75. The molecule has 5 nitrogen and oxygen atoms in total. The van der Waals surface area contributed by atoms with Crippen LogP contribution < -0.4 is 5.73 Å². The monoisotopic (exact) mass is 255 g/mol. The van der Waals surface area contributed by atoms with E-state index < -0.39 is 0 Å². The van der Waals surface area contributed by atoms with Gasteiger partial charge < -0.3 is 20.3 Å². The summed E-state index contributed by atoms with van der Waals surface area (Å²) < 4.78 is 5.59. The van der Waals surface area contributed by atoms with E-state index in [1.54, 1.807) is 0 Å². The van der Waals surface area contributed by atoms with Crippen LogP contribution in [0.5, 0.6) is 0 Å². The van der Waals surface area contributed by atoms with Crippen molar-refractivity contribution in [2.24, 2.45) is 11.7 Å². The summed E-state index contributed by atoms with van der Waals surface area (Å²) in [5.41, 5.74) is 5.64. The molecule has 0 aromatic carbocycles. The van der Waals surface area contributed by atoms with E-state index in [-0.39, 0.29) is 18.2 Å². The molecule has 0 saturated carbocycles. The van der Waals surface area contributed by atoms with Crippen molar-refractivity contribution in [1.29, 1.82) is 0 Å². The van der Waals surface area contributed by atoms with E-state index in [1.165, 1.54) is 6.42 Å². The first-order valence-electron chi connectivity index (χ1n) is 6.99. The molecule has 2 fully saturated rings. The number of likely N-dealkylation sites (tertiary alicyclic amines) is 1. The van der Waals surface area contributed by atoms with E-state index >= 15 is 0 Å². The minimum Gasteiger partial charge on any atom is -0.373 e. The maximum absolute atomic E-state index is 12.5. The van der Waals surface area contributed by atoms with Gasteiger partial charge in [-0.05, 0) is 25.7 Å². The zero-order valence-corrected chi connectivity index (χ0v) is 11.5. The fraction of sp³-hybridized carbons (Fsp3) is 0.923. The van der Waals surface area contributed by atoms with Gasteiger partial charge in [0.1, 0.15) is 0 Å². The van der Waals surface area contributed by atoms with Gasteiger partial charge in [-0.15, -0.1) is 0 Å². The zero-order valence-electron chi connectivity index (χ0n) is 11.5. The van der Waals surface area contributed by atoms with Crippen molar-refractivity contribution in [3.63, 3.8) is 0 Å². The lowest BCUT2D eigenvalue weighted by Crippen LogP contribution is -2.57. The fourth-order valence-corrected chi connectivity index (χ4v) is 2.77. The molecule has 2 aliphatic heterocycles. The Kier molecular flexibility index (Phi) is 4.45. The summed E-state index contributed by atoms with van der Waals surface area (Å²) in [5, 5.41) is 0. The first-order chi connectivity index (χ1) is 8.61. The summed E-state index contributed by atoms with van der Waals surface area (Å²) >= 11 is 0. The number of hydrogen-bond acceptors (Lipinski definition) is 3. The molecule has 0 aromatic rings. The number of piperidine rings is 1. The minimum absolute atomic E-state index is 0.00707. The minimum atomic E-state index is -0.00707. The van der Waals surface area contributed by atoms with E-state index in [2.05, 4.69) is 6.92 Å². The van der Waals surface area contributed by atoms with E-state index in [9.17, 15) is 4.79 Å². The molecule has 104 valence electrons. The van der Waals surface area contributed by atoms with Crippen LogP contribution in [0.25, 0.3) is 0 Å². The summed E-state index contributed by atoms with van der Waals surface area (Å²) in [4.78, 5) is 16.4. The van der Waals surface area contributed by atoms with Gasteiger partial charge in [0, 0.05) is 19.6 Å². The summed E-state index contributed by atoms with van der Waals surface area (Å²) in [6.07, 6.45) is 2.34. The number of ether oxygens (including phenoxy) is 1. The Morgan fingerprint density at radius 1 is 1.39 bits per heavy atom. The first-order valence-corrected chi connectivity index (χ1v) is 6.99. The van der Waals surface area contributed by atoms with Gasteiger partial charge in [0.15, 0.2) is 0 Å². The number of hydrogen-bond donors (Lipinski definition) is 1. The Labute approximate surface area is 109 Å². The standard InChI is InChI=1S/C13H25N3O2/c1-10-4-3-5-15(7-10)13(17)16-8-12(6-14)18-9-11(16)2/h10-12H,3-9,14H2,1-2H3. The predicted octanol–water partition coefficient (Wildman–Crippen LogP) is 0.886. The average molecular weight is 255 g/mol. The molecule has 0 radical (unpaired) electrons. The van der Waals surface area contributed by atoms with Gasteiger partial charge in [0.25, 0.3) is 0 Å². The molecule has 0 spiro atoms. The van der Waals surface area contributed by atoms with Crippen LogP contribution in [0.1, 0.15) is 26.7 Å². The van der Waals surface area contributed by atoms with Crippen LogP contribution >= 0.6 is 0 Å². The average Bonchev–Trinajstić information content (AvgIpc) is 2.38. The van der Waals surface area contributed by atoms with Crippen molar-refractivity contribution in [1.82, 2.24) is 9.80 Å². The number of carbonyl (C=O) groups is 1. The second kappa shape index (κ2) is 5.89. The molecule has 0 bridgehead atoms. The molecule has 2 saturated heterocycles. The van der Waals surface area contributed by atoms with Crippen molar-refractivity contribution >= 4 is 6.03 Å². The van der Waals surface area contributed by atoms with Crippen LogP contribution in [0.4, 0.5) is 4.79 Å². The Bertz CT molecular complexity index is 298. The fourth-order valence-electron chi connectivity index (χ4n) is 2.77. The van der Waals surface area contributed by atoms with Crippen LogP contribution in [0, 0.1) is 5.92 Å². The Morgan fingerprint density at radius 3 is 2.83 bits per heavy atom. The molecule has 18 heavy (non-hydrogen) atoms. The van der Waals surface area contributed by atoms with E-state index in [0.717, 1.165) is 19.5 Å². The highest BCUT2D eigenvalue weighted by Gasteiger charge is 2.33. The number of carbonyl (C=O) groups excluding carboxylic acids is 1. The van der Waals surface area contributed by atoms with Crippen molar-refractivity contribution in [3.05, 3.63) is 0 Å². The van der Waals surface area contributed by atoms with Crippen molar-refractivity contribution in [2.45, 2.75) is 38.8 Å². The third-order valence-corrected chi connectivity index (χ3v) is 3.94. The molecule has 3 unspecified atom stereocenters. The molecule has 2 heterocycles. The predicted molar refractivity (Wildman–Crippen MR) is 70.3 cm³/mol. The van der Waals surface area contributed by atoms with Crippen molar-refractivity contribution in [2.75, 3.05) is 32.8 Å². The maximum Gasteiger partial charge on any atom is 0.320 e. The SMILES string of the molecule is CC1CCCN(C(=O)N2CC(CN)OCC2C)C1. The first kappa shape index (κ1) is 13.6. The third kappa shape index (κ3) is 2.95. The lowest BCUT2D eigenvalue weighted by molar-refractivity contribution is -0.0426. The number of amides is 2. The molecular formula is C13H25N3O2. The van der Waals surface area contributed by atoms with Gasteiger partial charge in [-0.1, -0.05) is 6.92 Å². The normalized spacial score (nSPS) is 33.6. The van der Waals surface area contributed by atoms with Gasteiger partial charge in [0.2, 0.25) is 0 Å². The summed E-state index contributed by atoms with van der Waals surface area (Å²) in [7, 11) is 0. The second-order valence-electron chi connectivity index (χ2n) is 5.67. The molecule has 3 atom stereocenters. The van der Waals surface area contributed by atoms with E-state index in [1.807, 2.05) is 16.7 Å². The van der Waals surface area contributed by atoms with E-state index in [0.29, 0.717) is 25.6 Å². The lowest BCUT2D eigenvalue weighted by Gasteiger charge is -2.42. The Balaban J connectivity index is 1.97. The van der Waals surface area contributed by atoms with Gasteiger partial charge in [-0.25, -0.2) is 4.79 Å². The summed E-state index contributed by atoms with van der Waals surface area (Å²) in [5.74, 6) is 0.615. The quantitative estimate of drug-likeness (QED) is 0.757.